The molecule has 0 aliphatic heterocycles. The molecule has 0 rings (SSSR count). The predicted molar refractivity (Wildman–Crippen MR) is 25.3 cm³/mol. The van der Waals surface area contributed by atoms with Crippen LogP contribution < -0.4 is 68.9 Å². The van der Waals surface area contributed by atoms with E-state index in [9.17, 15) is 0 Å². The zero-order valence-corrected chi connectivity index (χ0v) is 10.4. The average Bonchev–Trinajstić information content (AvgIpc) is 0.722. The van der Waals surface area contributed by atoms with E-state index >= 15 is 0 Å². The van der Waals surface area contributed by atoms with E-state index in [2.05, 4.69) is 0 Å². The molecule has 0 aliphatic carbocycles. The van der Waals surface area contributed by atoms with Crippen molar-refractivity contribution < 1.29 is 89.6 Å². The van der Waals surface area contributed by atoms with Crippen LogP contribution in [0.3, 0.4) is 0 Å². The van der Waals surface area contributed by atoms with Crippen LogP contribution in [0.25, 0.3) is 0 Å². The molecule has 0 saturated carbocycles. The molecule has 3 N–H and O–H groups in total. The van der Waals surface area contributed by atoms with Crippen molar-refractivity contribution in [3.8, 4) is 0 Å². The summed E-state index contributed by atoms with van der Waals surface area (Å²) in [7, 11) is -4.64. The second kappa shape index (κ2) is 6.81. The van der Waals surface area contributed by atoms with Gasteiger partial charge >= 0.3 is 76.7 Å². The number of hydrogen-bond donors (Lipinski definition) is 3. The van der Waals surface area contributed by atoms with Crippen molar-refractivity contribution in [2.45, 2.75) is 0 Å². The molecule has 0 unspecified atom stereocenters. The Morgan fingerprint density at radius 2 is 1.29 bits per heavy atom. The number of rotatable bonds is 0. The zero-order chi connectivity index (χ0) is 4.50. The quantitative estimate of drug-likeness (QED) is 0.302. The molecule has 7 heteroatoms. The second-order valence-corrected chi connectivity index (χ2v) is 1.54. The largest absolute Gasteiger partial charge is 1.00 e. The molecule has 0 atom stereocenters. The molecule has 0 bridgehead atoms. The molecule has 7 heavy (non-hydrogen) atoms. The van der Waals surface area contributed by atoms with Gasteiger partial charge in [0.2, 0.25) is 0 Å². The third kappa shape index (κ3) is 53.7. The molecule has 0 heterocycles. The summed E-state index contributed by atoms with van der Waals surface area (Å²) in [5.74, 6) is 0. The third-order valence-electron chi connectivity index (χ3n) is 0. The Labute approximate surface area is 112 Å². The first-order chi connectivity index (χ1) is 2.00. The van der Waals surface area contributed by atoms with Gasteiger partial charge in [-0.25, -0.2) is 4.57 Å². The van der Waals surface area contributed by atoms with Gasteiger partial charge in [0.15, 0.2) is 17.4 Å². The van der Waals surface area contributed by atoms with Crippen LogP contribution in [0.15, 0.2) is 0 Å². The first-order valence-electron chi connectivity index (χ1n) is 0.783. The SMILES string of the molecule is O=P(O)(O)O.[AlH3].[Cs+].[H-]. The minimum atomic E-state index is -4.64. The molecule has 0 amide bonds. The summed E-state index contributed by atoms with van der Waals surface area (Å²) in [4.78, 5) is 21.6. The van der Waals surface area contributed by atoms with Crippen molar-refractivity contribution >= 4 is 25.2 Å². The van der Waals surface area contributed by atoms with Crippen LogP contribution in [0.4, 0.5) is 0 Å². The first kappa shape index (κ1) is 16.4. The van der Waals surface area contributed by atoms with Crippen molar-refractivity contribution in [1.29, 1.82) is 0 Å². The molecule has 0 aromatic carbocycles. The van der Waals surface area contributed by atoms with E-state index in [0.29, 0.717) is 0 Å². The second-order valence-electron chi connectivity index (χ2n) is 0.513. The van der Waals surface area contributed by atoms with Crippen molar-refractivity contribution in [3.05, 3.63) is 0 Å². The van der Waals surface area contributed by atoms with E-state index in [4.69, 9.17) is 19.2 Å². The monoisotopic (exact) mass is 262 g/mol. The Morgan fingerprint density at radius 1 is 1.29 bits per heavy atom. The van der Waals surface area contributed by atoms with Crippen LogP contribution in [0.1, 0.15) is 1.43 Å². The smallest absolute Gasteiger partial charge is 1.00 e. The van der Waals surface area contributed by atoms with Crippen molar-refractivity contribution in [3.63, 3.8) is 0 Å². The van der Waals surface area contributed by atoms with Gasteiger partial charge in [-0.3, -0.25) is 0 Å². The minimum Gasteiger partial charge on any atom is -1.00 e. The van der Waals surface area contributed by atoms with E-state index in [1.54, 1.807) is 0 Å². The van der Waals surface area contributed by atoms with E-state index < -0.39 is 7.82 Å². The van der Waals surface area contributed by atoms with Crippen molar-refractivity contribution in [2.75, 3.05) is 0 Å². The molecular weight excluding hydrogens is 255 g/mol. The minimum absolute atomic E-state index is 0. The van der Waals surface area contributed by atoms with E-state index in [0.717, 1.165) is 0 Å². The van der Waals surface area contributed by atoms with Gasteiger partial charge in [0.05, 0.1) is 0 Å². The van der Waals surface area contributed by atoms with Crippen molar-refractivity contribution in [2.24, 2.45) is 0 Å². The summed E-state index contributed by atoms with van der Waals surface area (Å²) < 4.78 is 8.88. The Balaban J connectivity index is -0.0000000267. The van der Waals surface area contributed by atoms with Gasteiger partial charge in [-0.15, -0.1) is 0 Å². The predicted octanol–water partition coefficient (Wildman–Crippen LogP) is -5.00. The van der Waals surface area contributed by atoms with E-state index in [1.807, 2.05) is 0 Å². The fraction of sp³-hybridized carbons (Fsp3) is 0. The number of phosphoric acid groups is 1. The van der Waals surface area contributed by atoms with Crippen LogP contribution in [0.5, 0.6) is 0 Å². The van der Waals surface area contributed by atoms with Crippen LogP contribution in [0.2, 0.25) is 0 Å². The van der Waals surface area contributed by atoms with Gasteiger partial charge in [-0.05, 0) is 0 Å². The maximum absolute atomic E-state index is 8.88. The van der Waals surface area contributed by atoms with Crippen molar-refractivity contribution in [1.82, 2.24) is 0 Å². The molecule has 0 spiro atoms. The van der Waals surface area contributed by atoms with Gasteiger partial charge in [-0.2, -0.15) is 0 Å². The summed E-state index contributed by atoms with van der Waals surface area (Å²) in [5.41, 5.74) is 0. The van der Waals surface area contributed by atoms with Gasteiger partial charge in [0.1, 0.15) is 0 Å². The third-order valence-corrected chi connectivity index (χ3v) is 0. The maximum Gasteiger partial charge on any atom is 1.00 e. The molecule has 0 radical (unpaired) electrons. The molecule has 0 aliphatic rings. The summed E-state index contributed by atoms with van der Waals surface area (Å²) in [6.45, 7) is 0. The topological polar surface area (TPSA) is 77.8 Å². The van der Waals surface area contributed by atoms with Gasteiger partial charge in [0.25, 0.3) is 0 Å². The van der Waals surface area contributed by atoms with Gasteiger partial charge < -0.3 is 16.1 Å². The summed E-state index contributed by atoms with van der Waals surface area (Å²) in [6.07, 6.45) is 0. The Kier molecular flexibility index (Phi) is 15.9. The molecular formula is H7AlCsO4P. The van der Waals surface area contributed by atoms with Crippen LogP contribution in [-0.2, 0) is 4.57 Å². The fourth-order valence-electron chi connectivity index (χ4n) is 0. The standard InChI is InChI=1S/Al.Cs.H3O4P.4H/c;;1-5(2,3)4;;;;/h;;(H3,1,2,3,4);;;;/q;+1;;;;;-1. The average molecular weight is 262 g/mol. The molecule has 0 aromatic heterocycles. The molecule has 40 valence electrons. The summed E-state index contributed by atoms with van der Waals surface area (Å²) >= 11 is 0. The number of hydrogen-bond acceptors (Lipinski definition) is 1. The van der Waals surface area contributed by atoms with Gasteiger partial charge in [0, 0.05) is 0 Å². The maximum atomic E-state index is 8.88. The Morgan fingerprint density at radius 3 is 1.29 bits per heavy atom. The summed E-state index contributed by atoms with van der Waals surface area (Å²) in [5, 5.41) is 0. The Hall–Kier alpha value is 2.69. The zero-order valence-electron chi connectivity index (χ0n) is 4.20. The molecule has 0 aromatic rings. The van der Waals surface area contributed by atoms with Gasteiger partial charge in [-0.1, -0.05) is 0 Å². The van der Waals surface area contributed by atoms with E-state index in [1.165, 1.54) is 0 Å². The normalized spacial score (nSPS) is 8.43. The molecule has 0 saturated heterocycles. The van der Waals surface area contributed by atoms with Crippen LogP contribution in [0, 0.1) is 0 Å². The summed E-state index contributed by atoms with van der Waals surface area (Å²) in [6, 6.07) is 0. The molecule has 0 fully saturated rings. The fourth-order valence-corrected chi connectivity index (χ4v) is 0. The molecule has 4 nitrogen and oxygen atoms in total. The van der Waals surface area contributed by atoms with Crippen LogP contribution >= 0.6 is 7.82 Å². The van der Waals surface area contributed by atoms with Crippen LogP contribution in [-0.4, -0.2) is 32.0 Å². The van der Waals surface area contributed by atoms with E-state index in [-0.39, 0.29) is 87.7 Å². The first-order valence-corrected chi connectivity index (χ1v) is 2.35. The Bertz CT molecular complexity index is 62.2.